The van der Waals surface area contributed by atoms with Crippen LogP contribution in [0.25, 0.3) is 0 Å². The van der Waals surface area contributed by atoms with Crippen LogP contribution < -0.4 is 10.1 Å². The monoisotopic (exact) mass is 350 g/mol. The molecule has 1 aliphatic heterocycles. The number of fused-ring (bicyclic) bond motifs is 2. The van der Waals surface area contributed by atoms with Gasteiger partial charge in [0.2, 0.25) is 0 Å². The van der Waals surface area contributed by atoms with Crippen molar-refractivity contribution in [3.63, 3.8) is 0 Å². The minimum atomic E-state index is -0.277. The van der Waals surface area contributed by atoms with Crippen LogP contribution in [0.5, 0.6) is 5.75 Å². The fourth-order valence-electron chi connectivity index (χ4n) is 3.72. The van der Waals surface area contributed by atoms with Gasteiger partial charge in [-0.1, -0.05) is 54.5 Å². The molecular weight excluding hydrogens is 324 g/mol. The first-order valence-electron chi connectivity index (χ1n) is 9.59. The van der Waals surface area contributed by atoms with E-state index in [0.717, 1.165) is 49.4 Å². The summed E-state index contributed by atoms with van der Waals surface area (Å²) in [7, 11) is 0. The fourth-order valence-corrected chi connectivity index (χ4v) is 3.72. The van der Waals surface area contributed by atoms with Crippen molar-refractivity contribution in [3.8, 4) is 5.75 Å². The Hall–Kier alpha value is -2.33. The molecule has 2 aromatic rings. The van der Waals surface area contributed by atoms with Crippen LogP contribution in [0.2, 0.25) is 0 Å². The Balaban J connectivity index is 1.50. The third-order valence-electron chi connectivity index (χ3n) is 5.14. The Kier molecular flexibility index (Phi) is 4.93. The Bertz CT molecular complexity index is 775. The largest absolute Gasteiger partial charge is 0.481 e. The van der Waals surface area contributed by atoms with E-state index in [9.17, 15) is 0 Å². The van der Waals surface area contributed by atoms with Crippen LogP contribution in [-0.4, -0.2) is 25.4 Å². The molecule has 0 radical (unpaired) electrons. The highest BCUT2D eigenvalue weighted by Gasteiger charge is 2.64. The fraction of sp³-hybridized carbons (Fsp3) is 0.409. The predicted octanol–water partition coefficient (Wildman–Crippen LogP) is 4.10. The Morgan fingerprint density at radius 1 is 1.12 bits per heavy atom. The molecule has 2 atom stereocenters. The minimum Gasteiger partial charge on any atom is -0.481 e. The van der Waals surface area contributed by atoms with Gasteiger partial charge in [0, 0.05) is 12.0 Å². The average Bonchev–Trinajstić information content (AvgIpc) is 3.43. The van der Waals surface area contributed by atoms with Crippen molar-refractivity contribution in [1.82, 2.24) is 5.32 Å². The number of nitrogens with zero attached hydrogens (tertiary/aromatic N) is 1. The normalized spacial score (nSPS) is 24.5. The lowest BCUT2D eigenvalue weighted by molar-refractivity contribution is 0.134. The summed E-state index contributed by atoms with van der Waals surface area (Å²) in [6.07, 6.45) is 3.07. The molecule has 1 aliphatic carbocycles. The molecule has 136 valence electrons. The smallest absolute Gasteiger partial charge is 0.143 e. The Labute approximate surface area is 155 Å². The van der Waals surface area contributed by atoms with Gasteiger partial charge in [-0.3, -0.25) is 0 Å². The highest BCUT2D eigenvalue weighted by Crippen LogP contribution is 2.60. The average molecular weight is 350 g/mol. The van der Waals surface area contributed by atoms with E-state index in [1.54, 1.807) is 0 Å². The lowest BCUT2D eigenvalue weighted by atomic mass is 9.96. The summed E-state index contributed by atoms with van der Waals surface area (Å²) in [5.74, 6) is 1.16. The summed E-state index contributed by atoms with van der Waals surface area (Å²) in [5, 5.41) is 7.93. The van der Waals surface area contributed by atoms with Crippen molar-refractivity contribution in [2.45, 2.75) is 31.8 Å². The van der Waals surface area contributed by atoms with Crippen LogP contribution in [0.1, 0.15) is 37.3 Å². The zero-order valence-electron chi connectivity index (χ0n) is 15.3. The van der Waals surface area contributed by atoms with E-state index >= 15 is 0 Å². The van der Waals surface area contributed by atoms with Gasteiger partial charge in [0.1, 0.15) is 18.0 Å². The number of oxime groups is 1. The first-order valence-corrected chi connectivity index (χ1v) is 9.59. The van der Waals surface area contributed by atoms with E-state index in [4.69, 9.17) is 9.57 Å². The molecule has 4 rings (SSSR count). The predicted molar refractivity (Wildman–Crippen MR) is 104 cm³/mol. The van der Waals surface area contributed by atoms with Crippen molar-refractivity contribution in [2.75, 3.05) is 19.7 Å². The zero-order valence-corrected chi connectivity index (χ0v) is 15.3. The standard InChI is InChI=1S/C22H26N2O2/c1-2-13-23-14-8-15-25-24-21-18-11-6-7-12-20(18)26-22(16-19(21)22)17-9-4-3-5-10-17/h3-7,9-12,19,23H,2,8,13-16H2,1H3. The van der Waals surface area contributed by atoms with Gasteiger partial charge in [0.15, 0.2) is 0 Å². The van der Waals surface area contributed by atoms with Crippen LogP contribution in [0.3, 0.4) is 0 Å². The van der Waals surface area contributed by atoms with Crippen LogP contribution in [-0.2, 0) is 10.4 Å². The Morgan fingerprint density at radius 3 is 2.77 bits per heavy atom. The zero-order chi connectivity index (χ0) is 17.8. The van der Waals surface area contributed by atoms with Crippen molar-refractivity contribution >= 4 is 5.71 Å². The van der Waals surface area contributed by atoms with Gasteiger partial charge in [-0.2, -0.15) is 0 Å². The molecule has 2 aliphatic rings. The number of rotatable bonds is 8. The number of para-hydroxylation sites is 1. The first-order chi connectivity index (χ1) is 12.8. The maximum atomic E-state index is 6.44. The second-order valence-corrected chi connectivity index (χ2v) is 7.02. The molecule has 0 bridgehead atoms. The number of nitrogens with one attached hydrogen (secondary N) is 1. The highest BCUT2D eigenvalue weighted by atomic mass is 16.6. The molecule has 1 heterocycles. The molecule has 1 fully saturated rings. The molecule has 26 heavy (non-hydrogen) atoms. The molecule has 0 saturated heterocycles. The highest BCUT2D eigenvalue weighted by molar-refractivity contribution is 6.08. The summed E-state index contributed by atoms with van der Waals surface area (Å²) in [4.78, 5) is 5.68. The molecule has 1 saturated carbocycles. The summed E-state index contributed by atoms with van der Waals surface area (Å²) in [5.41, 5.74) is 3.03. The summed E-state index contributed by atoms with van der Waals surface area (Å²) < 4.78 is 6.44. The van der Waals surface area contributed by atoms with Crippen LogP contribution >= 0.6 is 0 Å². The second-order valence-electron chi connectivity index (χ2n) is 7.02. The van der Waals surface area contributed by atoms with Crippen molar-refractivity contribution < 1.29 is 9.57 Å². The van der Waals surface area contributed by atoms with Gasteiger partial charge in [0.05, 0.1) is 11.6 Å². The van der Waals surface area contributed by atoms with Gasteiger partial charge in [-0.15, -0.1) is 0 Å². The molecule has 4 heteroatoms. The second kappa shape index (κ2) is 7.50. The van der Waals surface area contributed by atoms with Gasteiger partial charge >= 0.3 is 0 Å². The van der Waals surface area contributed by atoms with E-state index in [-0.39, 0.29) is 11.5 Å². The van der Waals surface area contributed by atoms with E-state index in [1.807, 2.05) is 24.3 Å². The molecule has 0 aromatic heterocycles. The lowest BCUT2D eigenvalue weighted by Gasteiger charge is -2.27. The van der Waals surface area contributed by atoms with Crippen molar-refractivity contribution in [3.05, 3.63) is 65.7 Å². The lowest BCUT2D eigenvalue weighted by Crippen LogP contribution is -2.28. The van der Waals surface area contributed by atoms with E-state index < -0.39 is 0 Å². The van der Waals surface area contributed by atoms with Crippen LogP contribution in [0, 0.1) is 5.92 Å². The van der Waals surface area contributed by atoms with E-state index in [1.165, 1.54) is 5.56 Å². The van der Waals surface area contributed by atoms with Crippen LogP contribution in [0.15, 0.2) is 59.8 Å². The van der Waals surface area contributed by atoms with Crippen molar-refractivity contribution in [1.29, 1.82) is 0 Å². The van der Waals surface area contributed by atoms with Crippen molar-refractivity contribution in [2.24, 2.45) is 11.1 Å². The quantitative estimate of drug-likeness (QED) is 0.576. The SMILES string of the molecule is CCCNCCCON=C1c2ccccc2OC2(c3ccccc3)CC12. The number of hydrogen-bond acceptors (Lipinski definition) is 4. The van der Waals surface area contributed by atoms with E-state index in [2.05, 4.69) is 47.7 Å². The maximum Gasteiger partial charge on any atom is 0.143 e. The molecule has 2 aromatic carbocycles. The molecule has 4 nitrogen and oxygen atoms in total. The van der Waals surface area contributed by atoms with Gasteiger partial charge in [-0.05, 0) is 43.6 Å². The Morgan fingerprint density at radius 2 is 1.92 bits per heavy atom. The van der Waals surface area contributed by atoms with Gasteiger partial charge in [0.25, 0.3) is 0 Å². The molecule has 2 unspecified atom stereocenters. The number of ether oxygens (including phenoxy) is 1. The summed E-state index contributed by atoms with van der Waals surface area (Å²) >= 11 is 0. The minimum absolute atomic E-state index is 0.262. The third kappa shape index (κ3) is 3.21. The molecule has 0 spiro atoms. The van der Waals surface area contributed by atoms with Crippen LogP contribution in [0.4, 0.5) is 0 Å². The van der Waals surface area contributed by atoms with Gasteiger partial charge in [-0.25, -0.2) is 0 Å². The number of benzene rings is 2. The topological polar surface area (TPSA) is 42.8 Å². The molecular formula is C22H26N2O2. The summed E-state index contributed by atoms with van der Waals surface area (Å²) in [6, 6.07) is 18.6. The van der Waals surface area contributed by atoms with Gasteiger partial charge < -0.3 is 14.9 Å². The number of hydrogen-bond donors (Lipinski definition) is 1. The molecule has 1 N–H and O–H groups in total. The molecule has 0 amide bonds. The summed E-state index contributed by atoms with van der Waals surface area (Å²) in [6.45, 7) is 4.83. The first kappa shape index (κ1) is 17.1. The van der Waals surface area contributed by atoms with E-state index in [0.29, 0.717) is 6.61 Å². The maximum absolute atomic E-state index is 6.44. The third-order valence-corrected chi connectivity index (χ3v) is 5.14.